The summed E-state index contributed by atoms with van der Waals surface area (Å²) in [6.45, 7) is 3.53. The fourth-order valence-corrected chi connectivity index (χ4v) is 3.42. The number of benzene rings is 1. The normalized spacial score (nSPS) is 26.5. The molecule has 2 aliphatic heterocycles. The van der Waals surface area contributed by atoms with Crippen LogP contribution in [0.2, 0.25) is 0 Å². The van der Waals surface area contributed by atoms with E-state index in [-0.39, 0.29) is 24.1 Å². The van der Waals surface area contributed by atoms with Gasteiger partial charge in [0, 0.05) is 19.1 Å². The van der Waals surface area contributed by atoms with Crippen LogP contribution in [-0.4, -0.2) is 61.3 Å². The van der Waals surface area contributed by atoms with Crippen LogP contribution in [-0.2, 0) is 20.9 Å². The van der Waals surface area contributed by atoms with Crippen molar-refractivity contribution < 1.29 is 14.3 Å². The summed E-state index contributed by atoms with van der Waals surface area (Å²) in [7, 11) is 1.88. The molecule has 1 unspecified atom stereocenters. The predicted molar refractivity (Wildman–Crippen MR) is 98.2 cm³/mol. The van der Waals surface area contributed by atoms with Crippen molar-refractivity contribution in [3.05, 3.63) is 35.9 Å². The highest BCUT2D eigenvalue weighted by atomic mass is 16.5. The van der Waals surface area contributed by atoms with Gasteiger partial charge in [-0.15, -0.1) is 0 Å². The SMILES string of the molecule is CN[C@@H](C)CN[C@H]1CO[C@H]2CCC(C(=O)NCc3ccccc3)N2C1=O. The van der Waals surface area contributed by atoms with E-state index in [9.17, 15) is 9.59 Å². The topological polar surface area (TPSA) is 82.7 Å². The highest BCUT2D eigenvalue weighted by Gasteiger charge is 2.46. The maximum absolute atomic E-state index is 12.9. The molecule has 0 radical (unpaired) electrons. The highest BCUT2D eigenvalue weighted by molar-refractivity contribution is 5.91. The Hall–Kier alpha value is -1.96. The van der Waals surface area contributed by atoms with Gasteiger partial charge in [0.15, 0.2) is 0 Å². The third kappa shape index (κ3) is 4.23. The van der Waals surface area contributed by atoms with Crippen molar-refractivity contribution in [2.45, 2.75) is 50.7 Å². The van der Waals surface area contributed by atoms with Crippen molar-refractivity contribution in [3.63, 3.8) is 0 Å². The summed E-state index contributed by atoms with van der Waals surface area (Å²) in [6, 6.07) is 9.16. The number of amides is 2. The molecule has 2 saturated heterocycles. The largest absolute Gasteiger partial charge is 0.356 e. The smallest absolute Gasteiger partial charge is 0.244 e. The second-order valence-electron chi connectivity index (χ2n) is 6.98. The van der Waals surface area contributed by atoms with Crippen LogP contribution in [0.25, 0.3) is 0 Å². The summed E-state index contributed by atoms with van der Waals surface area (Å²) in [5.41, 5.74) is 1.04. The van der Waals surface area contributed by atoms with Gasteiger partial charge in [0.1, 0.15) is 18.3 Å². The lowest BCUT2D eigenvalue weighted by molar-refractivity contribution is -0.166. The van der Waals surface area contributed by atoms with Gasteiger partial charge in [-0.1, -0.05) is 30.3 Å². The van der Waals surface area contributed by atoms with Crippen LogP contribution in [0.4, 0.5) is 0 Å². The Morgan fingerprint density at radius 3 is 2.81 bits per heavy atom. The molecule has 0 spiro atoms. The summed E-state index contributed by atoms with van der Waals surface area (Å²) in [6.07, 6.45) is 1.06. The van der Waals surface area contributed by atoms with Crippen LogP contribution in [0.5, 0.6) is 0 Å². The average Bonchev–Trinajstić information content (AvgIpc) is 3.11. The first-order valence-corrected chi connectivity index (χ1v) is 9.26. The van der Waals surface area contributed by atoms with Crippen molar-refractivity contribution in [2.24, 2.45) is 0 Å². The zero-order valence-electron chi connectivity index (χ0n) is 15.4. The first kappa shape index (κ1) is 18.8. The Morgan fingerprint density at radius 1 is 1.31 bits per heavy atom. The molecule has 3 rings (SSSR count). The number of nitrogens with one attached hydrogen (secondary N) is 3. The number of likely N-dealkylation sites (N-methyl/N-ethyl adjacent to an activating group) is 1. The van der Waals surface area contributed by atoms with Crippen molar-refractivity contribution in [3.8, 4) is 0 Å². The molecular weight excluding hydrogens is 332 g/mol. The molecule has 3 N–H and O–H groups in total. The fourth-order valence-electron chi connectivity index (χ4n) is 3.42. The monoisotopic (exact) mass is 360 g/mol. The maximum atomic E-state index is 12.9. The third-order valence-corrected chi connectivity index (χ3v) is 5.12. The minimum Gasteiger partial charge on any atom is -0.356 e. The molecule has 0 bridgehead atoms. The van der Waals surface area contributed by atoms with Crippen molar-refractivity contribution in [1.29, 1.82) is 0 Å². The Balaban J connectivity index is 1.58. The lowest BCUT2D eigenvalue weighted by Crippen LogP contribution is -2.61. The molecular formula is C19H28N4O3. The number of carbonyl (C=O) groups is 2. The van der Waals surface area contributed by atoms with Gasteiger partial charge in [-0.25, -0.2) is 0 Å². The lowest BCUT2D eigenvalue weighted by atomic mass is 10.1. The van der Waals surface area contributed by atoms with E-state index in [0.29, 0.717) is 32.5 Å². The van der Waals surface area contributed by atoms with Gasteiger partial charge in [0.25, 0.3) is 0 Å². The van der Waals surface area contributed by atoms with E-state index in [1.54, 1.807) is 4.90 Å². The van der Waals surface area contributed by atoms with Gasteiger partial charge in [-0.3, -0.25) is 9.59 Å². The molecule has 2 fully saturated rings. The molecule has 0 aromatic heterocycles. The summed E-state index contributed by atoms with van der Waals surface area (Å²) in [5.74, 6) is -0.153. The van der Waals surface area contributed by atoms with Gasteiger partial charge >= 0.3 is 0 Å². The third-order valence-electron chi connectivity index (χ3n) is 5.12. The Bertz CT molecular complexity index is 624. The number of rotatable bonds is 7. The summed E-state index contributed by atoms with van der Waals surface area (Å²) in [5, 5.41) is 9.32. The molecule has 2 aliphatic rings. The van der Waals surface area contributed by atoms with E-state index in [2.05, 4.69) is 16.0 Å². The Kier molecular flexibility index (Phi) is 6.24. The summed E-state index contributed by atoms with van der Waals surface area (Å²) in [4.78, 5) is 27.2. The van der Waals surface area contributed by atoms with E-state index in [0.717, 1.165) is 5.56 Å². The highest BCUT2D eigenvalue weighted by Crippen LogP contribution is 2.29. The Labute approximate surface area is 154 Å². The molecule has 0 aliphatic carbocycles. The van der Waals surface area contributed by atoms with E-state index in [4.69, 9.17) is 4.74 Å². The molecule has 2 heterocycles. The minimum atomic E-state index is -0.456. The van der Waals surface area contributed by atoms with Crippen LogP contribution in [0.3, 0.4) is 0 Å². The molecule has 4 atom stereocenters. The first-order chi connectivity index (χ1) is 12.6. The maximum Gasteiger partial charge on any atom is 0.244 e. The van der Waals surface area contributed by atoms with Crippen LogP contribution in [0, 0.1) is 0 Å². The zero-order chi connectivity index (χ0) is 18.5. The standard InChI is InChI=1S/C19H28N4O3/c1-13(20-2)10-21-15-12-26-17-9-8-16(23(17)19(15)25)18(24)22-11-14-6-4-3-5-7-14/h3-7,13,15-17,20-21H,8-12H2,1-2H3,(H,22,24)/t13-,15-,16?,17-/m0/s1. The zero-order valence-corrected chi connectivity index (χ0v) is 15.4. The van der Waals surface area contributed by atoms with Gasteiger partial charge in [-0.05, 0) is 32.4 Å². The van der Waals surface area contributed by atoms with Gasteiger partial charge in [0.05, 0.1) is 6.61 Å². The van der Waals surface area contributed by atoms with Crippen LogP contribution < -0.4 is 16.0 Å². The number of carbonyl (C=O) groups excluding carboxylic acids is 2. The number of hydrogen-bond donors (Lipinski definition) is 3. The number of ether oxygens (including phenoxy) is 1. The summed E-state index contributed by atoms with van der Waals surface area (Å²) < 4.78 is 5.84. The Morgan fingerprint density at radius 2 is 2.08 bits per heavy atom. The van der Waals surface area contributed by atoms with Crippen molar-refractivity contribution in [1.82, 2.24) is 20.9 Å². The molecule has 7 heteroatoms. The van der Waals surface area contributed by atoms with Crippen LogP contribution in [0.15, 0.2) is 30.3 Å². The quantitative estimate of drug-likeness (QED) is 0.648. The van der Waals surface area contributed by atoms with E-state index in [1.807, 2.05) is 44.3 Å². The van der Waals surface area contributed by atoms with Gasteiger partial charge in [-0.2, -0.15) is 0 Å². The molecule has 1 aromatic carbocycles. The molecule has 7 nitrogen and oxygen atoms in total. The van der Waals surface area contributed by atoms with E-state index in [1.165, 1.54) is 0 Å². The van der Waals surface area contributed by atoms with Crippen LogP contribution >= 0.6 is 0 Å². The second-order valence-corrected chi connectivity index (χ2v) is 6.98. The van der Waals surface area contributed by atoms with Crippen LogP contribution in [0.1, 0.15) is 25.3 Å². The molecule has 142 valence electrons. The van der Waals surface area contributed by atoms with Gasteiger partial charge in [0.2, 0.25) is 11.8 Å². The molecule has 2 amide bonds. The van der Waals surface area contributed by atoms with Gasteiger partial charge < -0.3 is 25.6 Å². The number of hydrogen-bond acceptors (Lipinski definition) is 5. The number of nitrogens with zero attached hydrogens (tertiary/aromatic N) is 1. The van der Waals surface area contributed by atoms with Crippen molar-refractivity contribution >= 4 is 11.8 Å². The number of fused-ring (bicyclic) bond motifs is 1. The fraction of sp³-hybridized carbons (Fsp3) is 0.579. The summed E-state index contributed by atoms with van der Waals surface area (Å²) >= 11 is 0. The van der Waals surface area contributed by atoms with E-state index >= 15 is 0 Å². The van der Waals surface area contributed by atoms with Crippen molar-refractivity contribution in [2.75, 3.05) is 20.2 Å². The minimum absolute atomic E-state index is 0.0399. The molecule has 26 heavy (non-hydrogen) atoms. The molecule has 1 aromatic rings. The average molecular weight is 360 g/mol. The second kappa shape index (κ2) is 8.62. The predicted octanol–water partition coefficient (Wildman–Crippen LogP) is 0.216. The first-order valence-electron chi connectivity index (χ1n) is 9.26. The van der Waals surface area contributed by atoms with E-state index < -0.39 is 12.1 Å². The lowest BCUT2D eigenvalue weighted by Gasteiger charge is -2.38. The molecule has 0 saturated carbocycles.